The van der Waals surface area contributed by atoms with Gasteiger partial charge in [-0.25, -0.2) is 9.97 Å². The van der Waals surface area contributed by atoms with Crippen molar-refractivity contribution in [3.05, 3.63) is 41.7 Å². The number of aliphatic hydroxyl groups is 1. The van der Waals surface area contributed by atoms with Crippen LogP contribution in [0, 0.1) is 0 Å². The normalized spacial score (nSPS) is 17.0. The van der Waals surface area contributed by atoms with Gasteiger partial charge < -0.3 is 19.7 Å². The van der Waals surface area contributed by atoms with Crippen molar-refractivity contribution in [3.8, 4) is 0 Å². The van der Waals surface area contributed by atoms with Gasteiger partial charge in [-0.2, -0.15) is 0 Å². The van der Waals surface area contributed by atoms with Gasteiger partial charge in [-0.3, -0.25) is 4.79 Å². The SMILES string of the molecule is CC1(O)CCN(C(=O)c2cnc(C(C)(C)C)nc2NCc2ccco2)CC1. The first-order valence-corrected chi connectivity index (χ1v) is 9.31. The number of hydrogen-bond donors (Lipinski definition) is 2. The van der Waals surface area contributed by atoms with Crippen molar-refractivity contribution in [1.29, 1.82) is 0 Å². The first kappa shape index (κ1) is 19.4. The maximum absolute atomic E-state index is 13.1. The van der Waals surface area contributed by atoms with Crippen LogP contribution in [0.4, 0.5) is 5.82 Å². The van der Waals surface area contributed by atoms with E-state index in [9.17, 15) is 9.90 Å². The number of rotatable bonds is 4. The van der Waals surface area contributed by atoms with Crippen LogP contribution in [0.1, 0.15) is 62.5 Å². The third kappa shape index (κ3) is 4.66. The topological polar surface area (TPSA) is 91.5 Å². The Kier molecular flexibility index (Phi) is 5.24. The zero-order valence-corrected chi connectivity index (χ0v) is 16.5. The quantitative estimate of drug-likeness (QED) is 0.857. The van der Waals surface area contributed by atoms with E-state index in [-0.39, 0.29) is 11.3 Å². The predicted octanol–water partition coefficient (Wildman–Crippen LogP) is 2.97. The summed E-state index contributed by atoms with van der Waals surface area (Å²) in [5, 5.41) is 13.4. The zero-order chi connectivity index (χ0) is 19.7. The molecule has 1 aliphatic heterocycles. The lowest BCUT2D eigenvalue weighted by Gasteiger charge is -2.36. The predicted molar refractivity (Wildman–Crippen MR) is 103 cm³/mol. The van der Waals surface area contributed by atoms with Gasteiger partial charge in [0.2, 0.25) is 0 Å². The van der Waals surface area contributed by atoms with E-state index in [0.29, 0.717) is 49.7 Å². The Morgan fingerprint density at radius 2 is 2.07 bits per heavy atom. The van der Waals surface area contributed by atoms with Crippen LogP contribution >= 0.6 is 0 Å². The van der Waals surface area contributed by atoms with Crippen molar-refractivity contribution in [2.75, 3.05) is 18.4 Å². The lowest BCUT2D eigenvalue weighted by atomic mass is 9.93. The lowest BCUT2D eigenvalue weighted by Crippen LogP contribution is -2.45. The summed E-state index contributed by atoms with van der Waals surface area (Å²) in [7, 11) is 0. The molecule has 0 aliphatic carbocycles. The van der Waals surface area contributed by atoms with Gasteiger partial charge in [0.1, 0.15) is 23.0 Å². The maximum atomic E-state index is 13.1. The molecule has 2 aromatic heterocycles. The fraction of sp³-hybridized carbons (Fsp3) is 0.550. The number of anilines is 1. The van der Waals surface area contributed by atoms with Crippen LogP contribution in [0.25, 0.3) is 0 Å². The monoisotopic (exact) mass is 372 g/mol. The van der Waals surface area contributed by atoms with Gasteiger partial charge in [-0.15, -0.1) is 0 Å². The minimum Gasteiger partial charge on any atom is -0.467 e. The Balaban J connectivity index is 1.85. The number of likely N-dealkylation sites (tertiary alicyclic amines) is 1. The molecule has 0 aromatic carbocycles. The molecule has 3 heterocycles. The summed E-state index contributed by atoms with van der Waals surface area (Å²) in [6.45, 7) is 9.39. The van der Waals surface area contributed by atoms with E-state index in [4.69, 9.17) is 4.42 Å². The van der Waals surface area contributed by atoms with E-state index < -0.39 is 5.60 Å². The molecule has 1 fully saturated rings. The van der Waals surface area contributed by atoms with E-state index in [1.165, 1.54) is 0 Å². The second-order valence-electron chi connectivity index (χ2n) is 8.43. The molecule has 146 valence electrons. The summed E-state index contributed by atoms with van der Waals surface area (Å²) < 4.78 is 5.36. The van der Waals surface area contributed by atoms with Gasteiger partial charge in [0.05, 0.1) is 18.4 Å². The summed E-state index contributed by atoms with van der Waals surface area (Å²) in [4.78, 5) is 23.9. The van der Waals surface area contributed by atoms with Gasteiger partial charge in [-0.1, -0.05) is 20.8 Å². The molecular weight excluding hydrogens is 344 g/mol. The molecule has 0 bridgehead atoms. The molecule has 2 N–H and O–H groups in total. The molecule has 0 radical (unpaired) electrons. The summed E-state index contributed by atoms with van der Waals surface area (Å²) in [6, 6.07) is 3.69. The highest BCUT2D eigenvalue weighted by Gasteiger charge is 2.31. The van der Waals surface area contributed by atoms with E-state index in [0.717, 1.165) is 5.76 Å². The lowest BCUT2D eigenvalue weighted by molar-refractivity contribution is -0.00202. The second-order valence-corrected chi connectivity index (χ2v) is 8.43. The van der Waals surface area contributed by atoms with Crippen molar-refractivity contribution in [2.45, 2.75) is 58.1 Å². The maximum Gasteiger partial charge on any atom is 0.259 e. The molecule has 2 aromatic rings. The van der Waals surface area contributed by atoms with Crippen LogP contribution in [0.5, 0.6) is 0 Å². The zero-order valence-electron chi connectivity index (χ0n) is 16.5. The Hall–Kier alpha value is -2.41. The van der Waals surface area contributed by atoms with Crippen molar-refractivity contribution >= 4 is 11.7 Å². The standard InChI is InChI=1S/C20H28N4O3/c1-19(2,3)18-22-13-15(16(23-18)21-12-14-6-5-11-27-14)17(25)24-9-7-20(4,26)8-10-24/h5-6,11,13,26H,7-10,12H2,1-4H3,(H,21,22,23). The first-order valence-electron chi connectivity index (χ1n) is 9.31. The van der Waals surface area contributed by atoms with Crippen LogP contribution in [-0.4, -0.2) is 44.6 Å². The molecule has 7 heteroatoms. The van der Waals surface area contributed by atoms with Crippen LogP contribution in [-0.2, 0) is 12.0 Å². The number of nitrogens with zero attached hydrogens (tertiary/aromatic N) is 3. The number of aromatic nitrogens is 2. The molecule has 0 atom stereocenters. The smallest absolute Gasteiger partial charge is 0.259 e. The third-order valence-corrected chi connectivity index (χ3v) is 4.83. The first-order chi connectivity index (χ1) is 12.7. The summed E-state index contributed by atoms with van der Waals surface area (Å²) in [6.07, 6.45) is 4.35. The molecule has 1 aliphatic rings. The molecule has 0 saturated carbocycles. The Labute approximate surface area is 159 Å². The average Bonchev–Trinajstić information content (AvgIpc) is 3.12. The Morgan fingerprint density at radius 1 is 1.37 bits per heavy atom. The Morgan fingerprint density at radius 3 is 2.67 bits per heavy atom. The van der Waals surface area contributed by atoms with Crippen molar-refractivity contribution in [1.82, 2.24) is 14.9 Å². The van der Waals surface area contributed by atoms with Gasteiger partial charge in [0.15, 0.2) is 0 Å². The molecule has 3 rings (SSSR count). The van der Waals surface area contributed by atoms with Crippen LogP contribution in [0.2, 0.25) is 0 Å². The van der Waals surface area contributed by atoms with Crippen LogP contribution < -0.4 is 5.32 Å². The van der Waals surface area contributed by atoms with Crippen molar-refractivity contribution in [2.24, 2.45) is 0 Å². The van der Waals surface area contributed by atoms with Gasteiger partial charge >= 0.3 is 0 Å². The minimum absolute atomic E-state index is 0.118. The fourth-order valence-corrected chi connectivity index (χ4v) is 2.98. The van der Waals surface area contributed by atoms with Crippen LogP contribution in [0.15, 0.2) is 29.0 Å². The largest absolute Gasteiger partial charge is 0.467 e. The van der Waals surface area contributed by atoms with E-state index in [1.54, 1.807) is 17.4 Å². The number of amides is 1. The minimum atomic E-state index is -0.705. The molecule has 7 nitrogen and oxygen atoms in total. The summed E-state index contributed by atoms with van der Waals surface area (Å²) in [5.41, 5.74) is -0.493. The molecule has 1 amide bonds. The number of carbonyl (C=O) groups excluding carboxylic acids is 1. The van der Waals surface area contributed by atoms with Crippen LogP contribution in [0.3, 0.4) is 0 Å². The third-order valence-electron chi connectivity index (χ3n) is 4.83. The number of nitrogens with one attached hydrogen (secondary N) is 1. The van der Waals surface area contributed by atoms with Gasteiger partial charge in [0.25, 0.3) is 5.91 Å². The molecule has 0 unspecified atom stereocenters. The van der Waals surface area contributed by atoms with E-state index in [1.807, 2.05) is 39.8 Å². The summed E-state index contributed by atoms with van der Waals surface area (Å²) >= 11 is 0. The number of carbonyl (C=O) groups is 1. The van der Waals surface area contributed by atoms with Gasteiger partial charge in [-0.05, 0) is 31.9 Å². The highest BCUT2D eigenvalue weighted by molar-refractivity contribution is 5.98. The fourth-order valence-electron chi connectivity index (χ4n) is 2.98. The van der Waals surface area contributed by atoms with Gasteiger partial charge in [0, 0.05) is 24.7 Å². The number of piperidine rings is 1. The van der Waals surface area contributed by atoms with Crippen molar-refractivity contribution in [3.63, 3.8) is 0 Å². The molecule has 27 heavy (non-hydrogen) atoms. The van der Waals surface area contributed by atoms with E-state index >= 15 is 0 Å². The number of hydrogen-bond acceptors (Lipinski definition) is 6. The van der Waals surface area contributed by atoms with Crippen molar-refractivity contribution < 1.29 is 14.3 Å². The molecule has 0 spiro atoms. The second kappa shape index (κ2) is 7.31. The van der Waals surface area contributed by atoms with E-state index in [2.05, 4.69) is 15.3 Å². The Bertz CT molecular complexity index is 784. The summed E-state index contributed by atoms with van der Waals surface area (Å²) in [5.74, 6) is 1.82. The molecule has 1 saturated heterocycles. The average molecular weight is 372 g/mol. The highest BCUT2D eigenvalue weighted by atomic mass is 16.3. The number of furan rings is 1. The molecular formula is C20H28N4O3. The highest BCUT2D eigenvalue weighted by Crippen LogP contribution is 2.26.